The van der Waals surface area contributed by atoms with Gasteiger partial charge in [-0.3, -0.25) is 9.48 Å². The monoisotopic (exact) mass is 226 g/mol. The van der Waals surface area contributed by atoms with Gasteiger partial charge in [0.15, 0.2) is 0 Å². The summed E-state index contributed by atoms with van der Waals surface area (Å²) in [5.74, 6) is 1.30. The molecule has 15 heavy (non-hydrogen) atoms. The van der Waals surface area contributed by atoms with Gasteiger partial charge in [0.25, 0.3) is 0 Å². The molecule has 1 aliphatic rings. The Balaban J connectivity index is 2.25. The molecule has 0 saturated carbocycles. The van der Waals surface area contributed by atoms with Crippen molar-refractivity contribution in [2.75, 3.05) is 11.5 Å². The van der Waals surface area contributed by atoms with Gasteiger partial charge in [0.1, 0.15) is 0 Å². The molecule has 1 N–H and O–H groups in total. The Hall–Kier alpha value is -0.970. The zero-order valence-electron chi connectivity index (χ0n) is 8.43. The normalized spacial score (nSPS) is 20.0. The van der Waals surface area contributed by atoms with Crippen LogP contribution in [0, 0.1) is 0 Å². The Labute approximate surface area is 92.7 Å². The summed E-state index contributed by atoms with van der Waals surface area (Å²) in [7, 11) is 0. The zero-order chi connectivity index (χ0) is 10.7. The Bertz CT molecular complexity index is 331. The number of aliphatic carboxylic acids is 1. The zero-order valence-corrected chi connectivity index (χ0v) is 9.24. The number of nitrogens with zero attached hydrogens (tertiary/aromatic N) is 2. The maximum absolute atomic E-state index is 10.9. The van der Waals surface area contributed by atoms with Crippen molar-refractivity contribution in [2.24, 2.45) is 0 Å². The van der Waals surface area contributed by atoms with Crippen LogP contribution >= 0.6 is 11.8 Å². The first kappa shape index (κ1) is 10.5. The third-order valence-electron chi connectivity index (χ3n) is 2.89. The number of hydrogen-bond donors (Lipinski definition) is 1. The first-order valence-electron chi connectivity index (χ1n) is 5.03. The Kier molecular flexibility index (Phi) is 3.00. The predicted molar refractivity (Wildman–Crippen MR) is 59.0 cm³/mol. The Morgan fingerprint density at radius 1 is 1.53 bits per heavy atom. The molecule has 1 fully saturated rings. The first-order valence-corrected chi connectivity index (χ1v) is 6.18. The molecule has 0 unspecified atom stereocenters. The molecule has 2 rings (SSSR count). The standard InChI is InChI=1S/C10H14N2O2S/c13-9(14)8-10(2-6-15-7-3-10)12-5-1-4-11-12/h1,4-5H,2-3,6-8H2,(H,13,14). The summed E-state index contributed by atoms with van der Waals surface area (Å²) < 4.78 is 1.83. The lowest BCUT2D eigenvalue weighted by Crippen LogP contribution is -2.40. The highest BCUT2D eigenvalue weighted by Gasteiger charge is 2.36. The van der Waals surface area contributed by atoms with Gasteiger partial charge in [-0.15, -0.1) is 0 Å². The van der Waals surface area contributed by atoms with Crippen LogP contribution in [-0.4, -0.2) is 32.4 Å². The SMILES string of the molecule is O=C(O)CC1(n2cccn2)CCSCC1. The van der Waals surface area contributed by atoms with E-state index in [1.54, 1.807) is 6.20 Å². The van der Waals surface area contributed by atoms with Gasteiger partial charge in [0.05, 0.1) is 12.0 Å². The summed E-state index contributed by atoms with van der Waals surface area (Å²) in [6.45, 7) is 0. The molecular weight excluding hydrogens is 212 g/mol. The third kappa shape index (κ3) is 2.17. The van der Waals surface area contributed by atoms with Gasteiger partial charge in [-0.05, 0) is 30.4 Å². The van der Waals surface area contributed by atoms with Crippen LogP contribution in [0.25, 0.3) is 0 Å². The van der Waals surface area contributed by atoms with E-state index in [0.29, 0.717) is 0 Å². The summed E-state index contributed by atoms with van der Waals surface area (Å²) in [4.78, 5) is 10.9. The molecule has 82 valence electrons. The van der Waals surface area contributed by atoms with Crippen LogP contribution < -0.4 is 0 Å². The summed E-state index contributed by atoms with van der Waals surface area (Å²) in [5.41, 5.74) is -0.291. The molecule has 0 bridgehead atoms. The Morgan fingerprint density at radius 2 is 2.27 bits per heavy atom. The van der Waals surface area contributed by atoms with Crippen molar-refractivity contribution in [1.29, 1.82) is 0 Å². The van der Waals surface area contributed by atoms with Crippen molar-refractivity contribution >= 4 is 17.7 Å². The largest absolute Gasteiger partial charge is 0.481 e. The first-order chi connectivity index (χ1) is 7.23. The summed E-state index contributed by atoms with van der Waals surface area (Å²) in [6.07, 6.45) is 5.55. The topological polar surface area (TPSA) is 55.1 Å². The number of hydrogen-bond acceptors (Lipinski definition) is 3. The van der Waals surface area contributed by atoms with Gasteiger partial charge in [0.2, 0.25) is 0 Å². The molecule has 0 aliphatic carbocycles. The summed E-state index contributed by atoms with van der Waals surface area (Å²) in [6, 6.07) is 1.85. The van der Waals surface area contributed by atoms with E-state index in [0.717, 1.165) is 24.3 Å². The van der Waals surface area contributed by atoms with Crippen LogP contribution in [0.15, 0.2) is 18.5 Å². The van der Waals surface area contributed by atoms with Gasteiger partial charge >= 0.3 is 5.97 Å². The number of rotatable bonds is 3. The molecular formula is C10H14N2O2S. The molecule has 0 aromatic carbocycles. The lowest BCUT2D eigenvalue weighted by molar-refractivity contribution is -0.139. The lowest BCUT2D eigenvalue weighted by atomic mass is 9.89. The summed E-state index contributed by atoms with van der Waals surface area (Å²) >= 11 is 1.89. The van der Waals surface area contributed by atoms with Crippen LogP contribution in [0.3, 0.4) is 0 Å². The number of carbonyl (C=O) groups is 1. The third-order valence-corrected chi connectivity index (χ3v) is 3.88. The molecule has 1 aromatic rings. The Morgan fingerprint density at radius 3 is 2.80 bits per heavy atom. The fourth-order valence-electron chi connectivity index (χ4n) is 2.07. The average molecular weight is 226 g/mol. The maximum Gasteiger partial charge on any atom is 0.305 e. The van der Waals surface area contributed by atoms with Crippen molar-refractivity contribution in [3.63, 3.8) is 0 Å². The second-order valence-corrected chi connectivity index (χ2v) is 5.08. The van der Waals surface area contributed by atoms with Crippen LogP contribution in [0.4, 0.5) is 0 Å². The average Bonchev–Trinajstić information content (AvgIpc) is 2.71. The lowest BCUT2D eigenvalue weighted by Gasteiger charge is -2.36. The van der Waals surface area contributed by atoms with Crippen molar-refractivity contribution < 1.29 is 9.90 Å². The number of aromatic nitrogens is 2. The van der Waals surface area contributed by atoms with Crippen LogP contribution in [0.2, 0.25) is 0 Å². The number of carboxylic acid groups (broad SMARTS) is 1. The fourth-order valence-corrected chi connectivity index (χ4v) is 3.32. The van der Waals surface area contributed by atoms with Crippen molar-refractivity contribution in [1.82, 2.24) is 9.78 Å². The molecule has 1 aliphatic heterocycles. The minimum absolute atomic E-state index is 0.176. The van der Waals surface area contributed by atoms with Crippen LogP contribution in [-0.2, 0) is 10.3 Å². The fraction of sp³-hybridized carbons (Fsp3) is 0.600. The maximum atomic E-state index is 10.9. The quantitative estimate of drug-likeness (QED) is 0.850. The molecule has 1 saturated heterocycles. The van der Waals surface area contributed by atoms with Crippen molar-refractivity contribution in [3.05, 3.63) is 18.5 Å². The van der Waals surface area contributed by atoms with E-state index < -0.39 is 5.97 Å². The molecule has 2 heterocycles. The highest BCUT2D eigenvalue weighted by molar-refractivity contribution is 7.99. The number of carboxylic acids is 1. The van der Waals surface area contributed by atoms with E-state index >= 15 is 0 Å². The predicted octanol–water partition coefficient (Wildman–Crippen LogP) is 1.58. The van der Waals surface area contributed by atoms with Gasteiger partial charge in [-0.25, -0.2) is 0 Å². The highest BCUT2D eigenvalue weighted by atomic mass is 32.2. The second kappa shape index (κ2) is 4.26. The molecule has 4 nitrogen and oxygen atoms in total. The van der Waals surface area contributed by atoms with Crippen molar-refractivity contribution in [3.8, 4) is 0 Å². The minimum Gasteiger partial charge on any atom is -0.481 e. The molecule has 5 heteroatoms. The minimum atomic E-state index is -0.739. The van der Waals surface area contributed by atoms with E-state index in [-0.39, 0.29) is 12.0 Å². The molecule has 1 aromatic heterocycles. The van der Waals surface area contributed by atoms with Crippen LogP contribution in [0.1, 0.15) is 19.3 Å². The van der Waals surface area contributed by atoms with Gasteiger partial charge < -0.3 is 5.11 Å². The van der Waals surface area contributed by atoms with E-state index in [9.17, 15) is 4.79 Å². The van der Waals surface area contributed by atoms with E-state index in [4.69, 9.17) is 5.11 Å². The number of thioether (sulfide) groups is 1. The van der Waals surface area contributed by atoms with E-state index in [1.165, 1.54) is 0 Å². The molecule has 0 radical (unpaired) electrons. The van der Waals surface area contributed by atoms with E-state index in [2.05, 4.69) is 5.10 Å². The molecule has 0 atom stereocenters. The highest BCUT2D eigenvalue weighted by Crippen LogP contribution is 2.35. The van der Waals surface area contributed by atoms with Gasteiger partial charge in [-0.1, -0.05) is 0 Å². The van der Waals surface area contributed by atoms with Gasteiger partial charge in [-0.2, -0.15) is 16.9 Å². The molecule has 0 amide bonds. The molecule has 0 spiro atoms. The van der Waals surface area contributed by atoms with Gasteiger partial charge in [0, 0.05) is 12.4 Å². The smallest absolute Gasteiger partial charge is 0.305 e. The second-order valence-electron chi connectivity index (χ2n) is 3.86. The summed E-state index contributed by atoms with van der Waals surface area (Å²) in [5, 5.41) is 13.2. The van der Waals surface area contributed by atoms with Crippen molar-refractivity contribution in [2.45, 2.75) is 24.8 Å². The van der Waals surface area contributed by atoms with Crippen LogP contribution in [0.5, 0.6) is 0 Å². The van der Waals surface area contributed by atoms with E-state index in [1.807, 2.05) is 28.7 Å².